The molecule has 21 heavy (non-hydrogen) atoms. The van der Waals surface area contributed by atoms with Crippen molar-refractivity contribution in [2.45, 2.75) is 18.3 Å². The van der Waals surface area contributed by atoms with Gasteiger partial charge in [0.2, 0.25) is 0 Å². The van der Waals surface area contributed by atoms with Gasteiger partial charge in [0, 0.05) is 0 Å². The van der Waals surface area contributed by atoms with Crippen LogP contribution in [0.5, 0.6) is 0 Å². The molecular weight excluding hydrogens is 291 g/mol. The van der Waals surface area contributed by atoms with Gasteiger partial charge < -0.3 is 9.84 Å². The van der Waals surface area contributed by atoms with Crippen molar-refractivity contribution < 1.29 is 32.6 Å². The molecule has 0 radical (unpaired) electrons. The summed E-state index contributed by atoms with van der Waals surface area (Å²) in [7, 11) is 0. The number of rotatable bonds is 4. The third kappa shape index (κ3) is 3.66. The monoisotopic (exact) mass is 301 g/mol. The summed E-state index contributed by atoms with van der Waals surface area (Å²) in [5, 5.41) is 9.83. The topological polar surface area (TPSA) is 75.6 Å². The number of carboxylic acids is 1. The Morgan fingerprint density at radius 1 is 1.29 bits per heavy atom. The second kappa shape index (κ2) is 6.17. The van der Waals surface area contributed by atoms with Gasteiger partial charge in [0.1, 0.15) is 6.61 Å². The fraction of sp³-hybridized carbons (Fsp3) is 0.231. The lowest BCUT2D eigenvalue weighted by molar-refractivity contribution is -0.194. The van der Waals surface area contributed by atoms with Gasteiger partial charge in [-0.1, -0.05) is 36.3 Å². The zero-order chi connectivity index (χ0) is 16.1. The Bertz CT molecular complexity index is 565. The number of alkyl halides is 3. The number of carbonyl (C=O) groups excluding carboxylic acids is 1. The summed E-state index contributed by atoms with van der Waals surface area (Å²) >= 11 is 0. The summed E-state index contributed by atoms with van der Waals surface area (Å²) < 4.78 is 42.8. The zero-order valence-electron chi connectivity index (χ0n) is 10.5. The van der Waals surface area contributed by atoms with Crippen LogP contribution in [-0.4, -0.2) is 28.9 Å². The van der Waals surface area contributed by atoms with Gasteiger partial charge in [-0.05, 0) is 5.56 Å². The molecule has 0 saturated carbocycles. The van der Waals surface area contributed by atoms with E-state index in [-0.39, 0.29) is 6.61 Å². The van der Waals surface area contributed by atoms with Gasteiger partial charge in [-0.15, -0.1) is 6.42 Å². The SMILES string of the molecule is C#CC(NC(=O)OCc1ccccc1)(C(=O)O)C(F)(F)F. The largest absolute Gasteiger partial charge is 0.478 e. The van der Waals surface area contributed by atoms with Gasteiger partial charge in [-0.25, -0.2) is 9.59 Å². The smallest absolute Gasteiger partial charge is 0.434 e. The summed E-state index contributed by atoms with van der Waals surface area (Å²) in [4.78, 5) is 22.1. The number of nitrogens with one attached hydrogen (secondary N) is 1. The van der Waals surface area contributed by atoms with Crippen LogP contribution in [0.3, 0.4) is 0 Å². The molecule has 5 nitrogen and oxygen atoms in total. The van der Waals surface area contributed by atoms with E-state index in [0.29, 0.717) is 5.56 Å². The maximum atomic E-state index is 12.8. The summed E-state index contributed by atoms with van der Waals surface area (Å²) in [6.45, 7) is -0.329. The maximum Gasteiger partial charge on any atom is 0.434 e. The highest BCUT2D eigenvalue weighted by Crippen LogP contribution is 2.30. The summed E-state index contributed by atoms with van der Waals surface area (Å²) in [5.74, 6) is -1.37. The minimum Gasteiger partial charge on any atom is -0.478 e. The zero-order valence-corrected chi connectivity index (χ0v) is 10.5. The molecule has 0 aliphatic rings. The number of carboxylic acid groups (broad SMARTS) is 1. The number of halogens is 3. The number of aliphatic carboxylic acids is 1. The molecule has 0 aliphatic carbocycles. The lowest BCUT2D eigenvalue weighted by Gasteiger charge is -2.26. The van der Waals surface area contributed by atoms with E-state index in [1.165, 1.54) is 5.32 Å². The quantitative estimate of drug-likeness (QED) is 0.833. The van der Waals surface area contributed by atoms with Crippen LogP contribution in [0.2, 0.25) is 0 Å². The Morgan fingerprint density at radius 2 is 1.86 bits per heavy atom. The Labute approximate surface area is 117 Å². The van der Waals surface area contributed by atoms with Crippen molar-refractivity contribution in [1.82, 2.24) is 5.32 Å². The van der Waals surface area contributed by atoms with Crippen molar-refractivity contribution in [1.29, 1.82) is 0 Å². The van der Waals surface area contributed by atoms with Crippen molar-refractivity contribution in [3.8, 4) is 12.3 Å². The Morgan fingerprint density at radius 3 is 2.29 bits per heavy atom. The van der Waals surface area contributed by atoms with Gasteiger partial charge in [0.15, 0.2) is 0 Å². The normalized spacial score (nSPS) is 13.6. The number of ether oxygens (including phenoxy) is 1. The van der Waals surface area contributed by atoms with E-state index in [4.69, 9.17) is 5.11 Å². The third-order valence-electron chi connectivity index (χ3n) is 2.46. The van der Waals surface area contributed by atoms with E-state index in [1.54, 1.807) is 30.3 Å². The van der Waals surface area contributed by atoms with Gasteiger partial charge in [0.05, 0.1) is 0 Å². The minimum atomic E-state index is -5.38. The molecule has 0 aromatic heterocycles. The number of alkyl carbamates (subject to hydrolysis) is 1. The van der Waals surface area contributed by atoms with Crippen molar-refractivity contribution in [2.75, 3.05) is 0 Å². The fourth-order valence-corrected chi connectivity index (χ4v) is 1.34. The molecule has 1 unspecified atom stereocenters. The summed E-state index contributed by atoms with van der Waals surface area (Å²) in [6.07, 6.45) is -2.33. The highest BCUT2D eigenvalue weighted by Gasteiger charge is 2.62. The van der Waals surface area contributed by atoms with Gasteiger partial charge in [0.25, 0.3) is 5.54 Å². The highest BCUT2D eigenvalue weighted by molar-refractivity contribution is 5.89. The highest BCUT2D eigenvalue weighted by atomic mass is 19.4. The number of benzene rings is 1. The minimum absolute atomic E-state index is 0.329. The van der Waals surface area contributed by atoms with Crippen LogP contribution in [0.4, 0.5) is 18.0 Å². The van der Waals surface area contributed by atoms with Crippen molar-refractivity contribution in [3.05, 3.63) is 35.9 Å². The standard InChI is InChI=1S/C13H10F3NO4/c1-2-12(10(18)19,13(14,15)16)17-11(20)21-8-9-6-4-3-5-7-9/h1,3-7H,8H2,(H,17,20)(H,18,19). The number of terminal acetylenes is 1. The average Bonchev–Trinajstić information content (AvgIpc) is 2.42. The van der Waals surface area contributed by atoms with Gasteiger partial charge in [-0.2, -0.15) is 13.2 Å². The first-order chi connectivity index (χ1) is 9.73. The average molecular weight is 301 g/mol. The molecule has 1 aromatic rings. The van der Waals surface area contributed by atoms with Crippen LogP contribution in [0.15, 0.2) is 30.3 Å². The van der Waals surface area contributed by atoms with Crippen LogP contribution in [0.25, 0.3) is 0 Å². The molecule has 1 atom stereocenters. The Hall–Kier alpha value is -2.69. The van der Waals surface area contributed by atoms with Crippen LogP contribution in [0, 0.1) is 12.3 Å². The maximum absolute atomic E-state index is 12.8. The Balaban J connectivity index is 2.79. The molecule has 0 spiro atoms. The van der Waals surface area contributed by atoms with E-state index in [0.717, 1.165) is 5.92 Å². The molecule has 1 rings (SSSR count). The van der Waals surface area contributed by atoms with E-state index in [9.17, 15) is 22.8 Å². The summed E-state index contributed by atoms with van der Waals surface area (Å²) in [5.41, 5.74) is -3.32. The lowest BCUT2D eigenvalue weighted by atomic mass is 10.0. The van der Waals surface area contributed by atoms with Crippen LogP contribution in [0.1, 0.15) is 5.56 Å². The van der Waals surface area contributed by atoms with Crippen LogP contribution >= 0.6 is 0 Å². The number of hydrogen-bond acceptors (Lipinski definition) is 3. The predicted octanol–water partition coefficient (Wildman–Crippen LogP) is 1.93. The lowest BCUT2D eigenvalue weighted by Crippen LogP contribution is -2.63. The molecule has 2 N–H and O–H groups in total. The predicted molar refractivity (Wildman–Crippen MR) is 65.0 cm³/mol. The molecule has 0 saturated heterocycles. The van der Waals surface area contributed by atoms with Crippen molar-refractivity contribution in [2.24, 2.45) is 0 Å². The van der Waals surface area contributed by atoms with Gasteiger partial charge >= 0.3 is 18.2 Å². The first-order valence-electron chi connectivity index (χ1n) is 5.49. The summed E-state index contributed by atoms with van der Waals surface area (Å²) in [6, 6.07) is 8.11. The number of carbonyl (C=O) groups is 2. The Kier molecular flexibility index (Phi) is 4.81. The fourth-order valence-electron chi connectivity index (χ4n) is 1.34. The van der Waals surface area contributed by atoms with Gasteiger partial charge in [-0.3, -0.25) is 5.32 Å². The second-order valence-corrected chi connectivity index (χ2v) is 3.88. The first kappa shape index (κ1) is 16.4. The van der Waals surface area contributed by atoms with E-state index in [1.807, 2.05) is 0 Å². The molecule has 1 aromatic carbocycles. The number of hydrogen-bond donors (Lipinski definition) is 2. The molecule has 0 fully saturated rings. The van der Waals surface area contributed by atoms with Crippen molar-refractivity contribution >= 4 is 12.1 Å². The molecule has 112 valence electrons. The molecule has 0 bridgehead atoms. The first-order valence-corrected chi connectivity index (χ1v) is 5.49. The molecule has 1 amide bonds. The van der Waals surface area contributed by atoms with Crippen LogP contribution < -0.4 is 5.32 Å². The molecular formula is C13H10F3NO4. The molecule has 8 heteroatoms. The van der Waals surface area contributed by atoms with Crippen LogP contribution in [-0.2, 0) is 16.1 Å². The molecule has 0 aliphatic heterocycles. The second-order valence-electron chi connectivity index (χ2n) is 3.88. The van der Waals surface area contributed by atoms with E-state index < -0.39 is 23.8 Å². The molecule has 0 heterocycles. The third-order valence-corrected chi connectivity index (χ3v) is 2.46. The van der Waals surface area contributed by atoms with E-state index >= 15 is 0 Å². The van der Waals surface area contributed by atoms with Crippen molar-refractivity contribution in [3.63, 3.8) is 0 Å². The number of amides is 1. The van der Waals surface area contributed by atoms with E-state index in [2.05, 4.69) is 11.2 Å².